The smallest absolute Gasteiger partial charge is 0.243 e. The quantitative estimate of drug-likeness (QED) is 0.925. The Morgan fingerprint density at radius 2 is 1.90 bits per heavy atom. The fourth-order valence-corrected chi connectivity index (χ4v) is 4.17. The third-order valence-electron chi connectivity index (χ3n) is 4.09. The molecule has 0 atom stereocenters. The van der Waals surface area contributed by atoms with Crippen LogP contribution in [0.25, 0.3) is 0 Å². The largest absolute Gasteiger partial charge is 0.317 e. The van der Waals surface area contributed by atoms with Crippen LogP contribution in [-0.4, -0.2) is 38.9 Å². The number of sulfonamides is 1. The predicted octanol–water partition coefficient (Wildman–Crippen LogP) is 1.98. The van der Waals surface area contributed by atoms with Gasteiger partial charge in [-0.3, -0.25) is 0 Å². The molecule has 1 aromatic carbocycles. The summed E-state index contributed by atoms with van der Waals surface area (Å²) in [5.41, 5.74) is 0. The average molecular weight is 300 g/mol. The second-order valence-electron chi connectivity index (χ2n) is 5.27. The highest BCUT2D eigenvalue weighted by Gasteiger charge is 2.31. The summed E-state index contributed by atoms with van der Waals surface area (Å²) >= 11 is 0. The molecule has 4 nitrogen and oxygen atoms in total. The first-order valence-corrected chi connectivity index (χ1v) is 8.30. The van der Waals surface area contributed by atoms with Crippen molar-refractivity contribution in [3.8, 4) is 0 Å². The maximum Gasteiger partial charge on any atom is 0.243 e. The van der Waals surface area contributed by atoms with E-state index in [4.69, 9.17) is 0 Å². The Kier molecular flexibility index (Phi) is 4.78. The Morgan fingerprint density at radius 3 is 2.45 bits per heavy atom. The zero-order valence-corrected chi connectivity index (χ0v) is 12.7. The van der Waals surface area contributed by atoms with Gasteiger partial charge >= 0.3 is 0 Å². The number of benzene rings is 1. The lowest BCUT2D eigenvalue weighted by molar-refractivity contribution is 0.255. The Bertz CT molecular complexity index is 554. The van der Waals surface area contributed by atoms with Crippen molar-refractivity contribution in [1.29, 1.82) is 0 Å². The zero-order chi connectivity index (χ0) is 14.8. The number of hydrogen-bond acceptors (Lipinski definition) is 3. The summed E-state index contributed by atoms with van der Waals surface area (Å²) < 4.78 is 39.6. The molecule has 0 unspecified atom stereocenters. The molecule has 0 saturated heterocycles. The van der Waals surface area contributed by atoms with E-state index in [1.54, 1.807) is 7.05 Å². The van der Waals surface area contributed by atoms with Gasteiger partial charge in [-0.05, 0) is 50.9 Å². The van der Waals surface area contributed by atoms with Crippen molar-refractivity contribution in [2.45, 2.75) is 42.7 Å². The van der Waals surface area contributed by atoms with Crippen molar-refractivity contribution in [2.24, 2.45) is 0 Å². The lowest BCUT2D eigenvalue weighted by Gasteiger charge is -2.33. The third kappa shape index (κ3) is 3.19. The summed E-state index contributed by atoms with van der Waals surface area (Å²) in [5, 5.41) is 3.22. The van der Waals surface area contributed by atoms with Crippen molar-refractivity contribution < 1.29 is 12.8 Å². The lowest BCUT2D eigenvalue weighted by Crippen LogP contribution is -2.42. The van der Waals surface area contributed by atoms with Crippen LogP contribution in [0, 0.1) is 5.82 Å². The monoisotopic (exact) mass is 300 g/mol. The molecule has 1 aliphatic carbocycles. The highest BCUT2D eigenvalue weighted by atomic mass is 32.2. The van der Waals surface area contributed by atoms with Crippen LogP contribution in [0.5, 0.6) is 0 Å². The van der Waals surface area contributed by atoms with E-state index in [-0.39, 0.29) is 10.9 Å². The van der Waals surface area contributed by atoms with Crippen molar-refractivity contribution in [3.63, 3.8) is 0 Å². The van der Waals surface area contributed by atoms with Crippen LogP contribution in [0.2, 0.25) is 0 Å². The molecule has 1 aliphatic rings. The fraction of sp³-hybridized carbons (Fsp3) is 0.571. The highest BCUT2D eigenvalue weighted by molar-refractivity contribution is 7.89. The predicted molar refractivity (Wildman–Crippen MR) is 76.5 cm³/mol. The minimum atomic E-state index is -3.61. The van der Waals surface area contributed by atoms with Crippen LogP contribution in [0.15, 0.2) is 29.2 Å². The second kappa shape index (κ2) is 6.20. The van der Waals surface area contributed by atoms with E-state index in [1.165, 1.54) is 22.5 Å². The van der Waals surface area contributed by atoms with Gasteiger partial charge in [-0.25, -0.2) is 12.8 Å². The van der Waals surface area contributed by atoms with Crippen molar-refractivity contribution in [2.75, 3.05) is 14.1 Å². The zero-order valence-electron chi connectivity index (χ0n) is 11.8. The Morgan fingerprint density at radius 1 is 1.25 bits per heavy atom. The molecule has 1 aromatic rings. The van der Waals surface area contributed by atoms with Crippen molar-refractivity contribution in [3.05, 3.63) is 30.1 Å². The van der Waals surface area contributed by atoms with Crippen molar-refractivity contribution >= 4 is 10.0 Å². The van der Waals surface area contributed by atoms with Gasteiger partial charge < -0.3 is 5.32 Å². The lowest BCUT2D eigenvalue weighted by atomic mass is 9.91. The van der Waals surface area contributed by atoms with Crippen LogP contribution in [0.3, 0.4) is 0 Å². The Hall–Kier alpha value is -0.980. The molecule has 0 heterocycles. The van der Waals surface area contributed by atoms with Crippen LogP contribution in [-0.2, 0) is 10.0 Å². The van der Waals surface area contributed by atoms with Gasteiger partial charge in [0.2, 0.25) is 10.0 Å². The number of nitrogens with one attached hydrogen (secondary N) is 1. The van der Waals surface area contributed by atoms with Crippen LogP contribution >= 0.6 is 0 Å². The molecule has 112 valence electrons. The van der Waals surface area contributed by atoms with E-state index in [2.05, 4.69) is 5.32 Å². The van der Waals surface area contributed by atoms with E-state index in [9.17, 15) is 12.8 Å². The normalized spacial score (nSPS) is 24.0. The highest BCUT2D eigenvalue weighted by Crippen LogP contribution is 2.26. The minimum Gasteiger partial charge on any atom is -0.317 e. The molecule has 1 N–H and O–H groups in total. The molecule has 0 radical (unpaired) electrons. The summed E-state index contributed by atoms with van der Waals surface area (Å²) in [6.45, 7) is 0. The molecule has 2 rings (SSSR count). The first-order chi connectivity index (χ1) is 9.45. The summed E-state index contributed by atoms with van der Waals surface area (Å²) in [4.78, 5) is 0.0238. The standard InChI is InChI=1S/C14H21FN2O2S/c1-16-12-6-8-13(9-7-12)17(2)20(18,19)14-5-3-4-11(15)10-14/h3-5,10,12-13,16H,6-9H2,1-2H3. The second-order valence-corrected chi connectivity index (χ2v) is 7.27. The summed E-state index contributed by atoms with van der Waals surface area (Å²) in [6, 6.07) is 5.65. The first kappa shape index (κ1) is 15.4. The molecule has 0 aliphatic heterocycles. The van der Waals surface area contributed by atoms with E-state index in [0.29, 0.717) is 6.04 Å². The van der Waals surface area contributed by atoms with Crippen LogP contribution in [0.4, 0.5) is 4.39 Å². The van der Waals surface area contributed by atoms with Gasteiger partial charge in [0.15, 0.2) is 0 Å². The molecular weight excluding hydrogens is 279 g/mol. The van der Waals surface area contributed by atoms with Gasteiger partial charge in [-0.15, -0.1) is 0 Å². The van der Waals surface area contributed by atoms with Gasteiger partial charge in [-0.2, -0.15) is 4.31 Å². The van der Waals surface area contributed by atoms with Gasteiger partial charge in [0, 0.05) is 19.1 Å². The topological polar surface area (TPSA) is 49.4 Å². The fourth-order valence-electron chi connectivity index (χ4n) is 2.72. The van der Waals surface area contributed by atoms with E-state index < -0.39 is 15.8 Å². The van der Waals surface area contributed by atoms with Gasteiger partial charge in [0.05, 0.1) is 4.90 Å². The molecule has 20 heavy (non-hydrogen) atoms. The minimum absolute atomic E-state index is 0.00660. The molecule has 0 spiro atoms. The summed E-state index contributed by atoms with van der Waals surface area (Å²) in [7, 11) is -0.0957. The SMILES string of the molecule is CNC1CCC(N(C)S(=O)(=O)c2cccc(F)c2)CC1. The number of rotatable bonds is 4. The number of hydrogen-bond donors (Lipinski definition) is 1. The van der Waals surface area contributed by atoms with Crippen LogP contribution in [0.1, 0.15) is 25.7 Å². The molecule has 0 aromatic heterocycles. The summed E-state index contributed by atoms with van der Waals surface area (Å²) in [5.74, 6) is -0.529. The molecule has 1 saturated carbocycles. The Balaban J connectivity index is 2.14. The Labute approximate surface area is 120 Å². The van der Waals surface area contributed by atoms with E-state index in [0.717, 1.165) is 31.7 Å². The molecule has 0 bridgehead atoms. The van der Waals surface area contributed by atoms with Gasteiger partial charge in [-0.1, -0.05) is 6.07 Å². The molecular formula is C14H21FN2O2S. The molecule has 0 amide bonds. The van der Waals surface area contributed by atoms with E-state index >= 15 is 0 Å². The first-order valence-electron chi connectivity index (χ1n) is 6.86. The van der Waals surface area contributed by atoms with Crippen molar-refractivity contribution in [1.82, 2.24) is 9.62 Å². The van der Waals surface area contributed by atoms with Gasteiger partial charge in [0.25, 0.3) is 0 Å². The maximum absolute atomic E-state index is 13.2. The van der Waals surface area contributed by atoms with Crippen LogP contribution < -0.4 is 5.32 Å². The molecule has 1 fully saturated rings. The number of nitrogens with zero attached hydrogens (tertiary/aromatic N) is 1. The average Bonchev–Trinajstić information content (AvgIpc) is 2.46. The van der Waals surface area contributed by atoms with Gasteiger partial charge in [0.1, 0.15) is 5.82 Å². The maximum atomic E-state index is 13.2. The number of halogens is 1. The van der Waals surface area contributed by atoms with E-state index in [1.807, 2.05) is 7.05 Å². The molecule has 6 heteroatoms. The summed E-state index contributed by atoms with van der Waals surface area (Å²) in [6.07, 6.45) is 3.58. The third-order valence-corrected chi connectivity index (χ3v) is 6.00.